The van der Waals surface area contributed by atoms with Crippen LogP contribution in [-0.2, 0) is 22.9 Å². The maximum Gasteiger partial charge on any atom is 0.154 e. The number of hydrogen-bond acceptors (Lipinski definition) is 4. The van der Waals surface area contributed by atoms with Gasteiger partial charge in [-0.05, 0) is 19.9 Å². The molecule has 0 spiro atoms. The van der Waals surface area contributed by atoms with Crippen LogP contribution in [0.3, 0.4) is 0 Å². The fourth-order valence-corrected chi connectivity index (χ4v) is 3.94. The lowest BCUT2D eigenvalue weighted by molar-refractivity contribution is 0.555. The summed E-state index contributed by atoms with van der Waals surface area (Å²) in [5.74, 6) is 0.341. The second kappa shape index (κ2) is 4.55. The van der Waals surface area contributed by atoms with Gasteiger partial charge >= 0.3 is 0 Å². The topological polar surface area (TPSA) is 64.0 Å². The maximum absolute atomic E-state index is 11.7. The molecule has 0 aromatic carbocycles. The lowest BCUT2D eigenvalue weighted by atomic mass is 10.2. The zero-order valence-corrected chi connectivity index (χ0v) is 10.2. The first kappa shape index (κ1) is 11.6. The minimum Gasteiger partial charge on any atom is -0.332 e. The summed E-state index contributed by atoms with van der Waals surface area (Å²) in [6.45, 7) is 1.26. The molecule has 0 amide bonds. The highest BCUT2D eigenvalue weighted by atomic mass is 32.2. The van der Waals surface area contributed by atoms with E-state index in [0.29, 0.717) is 18.8 Å². The smallest absolute Gasteiger partial charge is 0.154 e. The third-order valence-electron chi connectivity index (χ3n) is 3.02. The van der Waals surface area contributed by atoms with E-state index in [4.69, 9.17) is 0 Å². The molecule has 2 rings (SSSR count). The van der Waals surface area contributed by atoms with Gasteiger partial charge in [-0.15, -0.1) is 0 Å². The largest absolute Gasteiger partial charge is 0.332 e. The minimum atomic E-state index is -2.86. The van der Waals surface area contributed by atoms with E-state index in [1.165, 1.54) is 0 Å². The van der Waals surface area contributed by atoms with Gasteiger partial charge in [0.2, 0.25) is 0 Å². The first-order valence-corrected chi connectivity index (χ1v) is 7.20. The molecule has 0 saturated carbocycles. The number of nitrogens with zero attached hydrogens (tertiary/aromatic N) is 2. The highest BCUT2D eigenvalue weighted by Gasteiger charge is 2.31. The summed E-state index contributed by atoms with van der Waals surface area (Å²) < 4.78 is 25.4. The van der Waals surface area contributed by atoms with Crippen LogP contribution in [0.15, 0.2) is 12.5 Å². The van der Waals surface area contributed by atoms with Crippen molar-refractivity contribution in [2.45, 2.75) is 31.2 Å². The van der Waals surface area contributed by atoms with Crippen molar-refractivity contribution in [3.05, 3.63) is 18.2 Å². The molecule has 1 aromatic rings. The highest BCUT2D eigenvalue weighted by molar-refractivity contribution is 7.92. The average Bonchev–Trinajstić information content (AvgIpc) is 2.77. The fourth-order valence-electron chi connectivity index (χ4n) is 2.12. The van der Waals surface area contributed by atoms with Crippen LogP contribution in [0.25, 0.3) is 0 Å². The zero-order chi connectivity index (χ0) is 11.6. The van der Waals surface area contributed by atoms with Crippen molar-refractivity contribution >= 4 is 9.84 Å². The van der Waals surface area contributed by atoms with Gasteiger partial charge in [-0.25, -0.2) is 13.4 Å². The molecule has 0 radical (unpaired) electrons. The monoisotopic (exact) mass is 243 g/mol. The van der Waals surface area contributed by atoms with Crippen LogP contribution in [0.4, 0.5) is 0 Å². The molecule has 0 aliphatic carbocycles. The molecule has 1 aliphatic heterocycles. The lowest BCUT2D eigenvalue weighted by Gasteiger charge is -2.12. The second-order valence-corrected chi connectivity index (χ2v) is 6.60. The molecule has 1 saturated heterocycles. The quantitative estimate of drug-likeness (QED) is 0.819. The Kier molecular flexibility index (Phi) is 3.30. The van der Waals surface area contributed by atoms with E-state index in [-0.39, 0.29) is 5.25 Å². The molecule has 0 bridgehead atoms. The number of aromatic nitrogens is 2. The third kappa shape index (κ3) is 2.27. The predicted octanol–water partition coefficient (Wildman–Crippen LogP) is 0.180. The molecule has 1 fully saturated rings. The van der Waals surface area contributed by atoms with E-state index in [2.05, 4.69) is 10.3 Å². The van der Waals surface area contributed by atoms with Crippen molar-refractivity contribution < 1.29 is 8.42 Å². The number of nitrogens with one attached hydrogen (secondary N) is 1. The van der Waals surface area contributed by atoms with Gasteiger partial charge in [-0.2, -0.15) is 0 Å². The van der Waals surface area contributed by atoms with E-state index < -0.39 is 9.84 Å². The summed E-state index contributed by atoms with van der Waals surface area (Å²) in [6.07, 6.45) is 5.06. The number of rotatable bonds is 4. The van der Waals surface area contributed by atoms with E-state index in [1.807, 2.05) is 11.6 Å². The summed E-state index contributed by atoms with van der Waals surface area (Å²) in [5.41, 5.74) is 1.03. The Morgan fingerprint density at radius 2 is 2.44 bits per heavy atom. The molecular weight excluding hydrogens is 226 g/mol. The van der Waals surface area contributed by atoms with Gasteiger partial charge < -0.3 is 9.88 Å². The standard InChI is InChI=1S/C10H17N3O2S/c1-11-5-9-6-12-8-13(9)7-10-3-2-4-16(10,14)15/h6,8,10-11H,2-5,7H2,1H3. The van der Waals surface area contributed by atoms with Crippen LogP contribution in [0, 0.1) is 0 Å². The lowest BCUT2D eigenvalue weighted by Crippen LogP contribution is -2.23. The Morgan fingerprint density at radius 1 is 1.62 bits per heavy atom. The summed E-state index contributed by atoms with van der Waals surface area (Å²) in [6, 6.07) is 0. The molecule has 1 unspecified atom stereocenters. The van der Waals surface area contributed by atoms with Crippen LogP contribution >= 0.6 is 0 Å². The molecule has 1 aromatic heterocycles. The van der Waals surface area contributed by atoms with E-state index in [9.17, 15) is 8.42 Å². The van der Waals surface area contributed by atoms with Gasteiger partial charge in [-0.3, -0.25) is 0 Å². The Bertz CT molecular complexity index is 452. The van der Waals surface area contributed by atoms with Gasteiger partial charge in [0.25, 0.3) is 0 Å². The molecule has 16 heavy (non-hydrogen) atoms. The van der Waals surface area contributed by atoms with Gasteiger partial charge in [0.15, 0.2) is 9.84 Å². The summed E-state index contributed by atoms with van der Waals surface area (Å²) in [5, 5.41) is 2.82. The number of hydrogen-bond donors (Lipinski definition) is 1. The fraction of sp³-hybridized carbons (Fsp3) is 0.700. The normalized spacial score (nSPS) is 23.7. The number of sulfone groups is 1. The zero-order valence-electron chi connectivity index (χ0n) is 9.39. The molecule has 1 atom stereocenters. The summed E-state index contributed by atoms with van der Waals surface area (Å²) >= 11 is 0. The van der Waals surface area contributed by atoms with Crippen molar-refractivity contribution in [2.24, 2.45) is 0 Å². The Labute approximate surface area is 95.8 Å². The third-order valence-corrected chi connectivity index (χ3v) is 5.28. The van der Waals surface area contributed by atoms with Crippen LogP contribution in [0.5, 0.6) is 0 Å². The molecule has 2 heterocycles. The van der Waals surface area contributed by atoms with Crippen LogP contribution < -0.4 is 5.32 Å². The van der Waals surface area contributed by atoms with Crippen LogP contribution in [0.1, 0.15) is 18.5 Å². The highest BCUT2D eigenvalue weighted by Crippen LogP contribution is 2.21. The molecular formula is C10H17N3O2S. The molecule has 1 aliphatic rings. The maximum atomic E-state index is 11.7. The van der Waals surface area contributed by atoms with Crippen molar-refractivity contribution in [3.8, 4) is 0 Å². The molecule has 1 N–H and O–H groups in total. The Balaban J connectivity index is 2.12. The van der Waals surface area contributed by atoms with Gasteiger partial charge in [0.05, 0.1) is 23.0 Å². The summed E-state index contributed by atoms with van der Waals surface area (Å²) in [7, 11) is -0.999. The molecule has 6 heteroatoms. The van der Waals surface area contributed by atoms with E-state index >= 15 is 0 Å². The van der Waals surface area contributed by atoms with Crippen LogP contribution in [-0.4, -0.2) is 36.0 Å². The van der Waals surface area contributed by atoms with Gasteiger partial charge in [-0.1, -0.05) is 0 Å². The van der Waals surface area contributed by atoms with Crippen LogP contribution in [0.2, 0.25) is 0 Å². The summed E-state index contributed by atoms with van der Waals surface area (Å²) in [4.78, 5) is 4.06. The van der Waals surface area contributed by atoms with Crippen molar-refractivity contribution in [2.75, 3.05) is 12.8 Å². The predicted molar refractivity (Wildman–Crippen MR) is 61.8 cm³/mol. The van der Waals surface area contributed by atoms with Crippen molar-refractivity contribution in [1.82, 2.24) is 14.9 Å². The number of imidazole rings is 1. The van der Waals surface area contributed by atoms with Gasteiger partial charge in [0, 0.05) is 19.3 Å². The minimum absolute atomic E-state index is 0.225. The van der Waals surface area contributed by atoms with E-state index in [0.717, 1.165) is 18.5 Å². The van der Waals surface area contributed by atoms with E-state index in [1.54, 1.807) is 12.5 Å². The first-order valence-electron chi connectivity index (χ1n) is 5.48. The first-order chi connectivity index (χ1) is 7.63. The van der Waals surface area contributed by atoms with Crippen molar-refractivity contribution in [3.63, 3.8) is 0 Å². The van der Waals surface area contributed by atoms with Crippen molar-refractivity contribution in [1.29, 1.82) is 0 Å². The SMILES string of the molecule is CNCc1cncn1CC1CCCS1(=O)=O. The molecule has 5 nitrogen and oxygen atoms in total. The second-order valence-electron chi connectivity index (χ2n) is 4.20. The Hall–Kier alpha value is -0.880. The van der Waals surface area contributed by atoms with Gasteiger partial charge in [0.1, 0.15) is 0 Å². The molecule has 90 valence electrons. The Morgan fingerprint density at radius 3 is 3.06 bits per heavy atom. The average molecular weight is 243 g/mol.